The van der Waals surface area contributed by atoms with Crippen LogP contribution in [0.3, 0.4) is 0 Å². The van der Waals surface area contributed by atoms with Gasteiger partial charge in [-0.3, -0.25) is 0 Å². The van der Waals surface area contributed by atoms with Gasteiger partial charge in [-0.15, -0.1) is 0 Å². The number of hydrogen-bond acceptors (Lipinski definition) is 4. The van der Waals surface area contributed by atoms with Gasteiger partial charge in [0, 0.05) is 17.4 Å². The van der Waals surface area contributed by atoms with Gasteiger partial charge in [-0.2, -0.15) is 0 Å². The molecule has 0 saturated carbocycles. The highest BCUT2D eigenvalue weighted by molar-refractivity contribution is 7.90. The average molecular weight is 342 g/mol. The fourth-order valence-electron chi connectivity index (χ4n) is 2.52. The molecular weight excluding hydrogens is 324 g/mol. The molecule has 24 heavy (non-hydrogen) atoms. The lowest BCUT2D eigenvalue weighted by Crippen LogP contribution is -1.96. The summed E-state index contributed by atoms with van der Waals surface area (Å²) in [5.41, 5.74) is 3.78. The summed E-state index contributed by atoms with van der Waals surface area (Å²) in [6.07, 6.45) is 4.56. The molecule has 0 aliphatic rings. The molecule has 2 aromatic carbocycles. The summed E-state index contributed by atoms with van der Waals surface area (Å²) in [5.74, 6) is 0.823. The fourth-order valence-corrected chi connectivity index (χ4v) is 3.15. The normalized spacial score (nSPS) is 11.4. The molecule has 1 aromatic heterocycles. The van der Waals surface area contributed by atoms with Crippen molar-refractivity contribution < 1.29 is 17.6 Å². The average Bonchev–Trinajstić information content (AvgIpc) is 3.05. The van der Waals surface area contributed by atoms with Gasteiger partial charge in [0.15, 0.2) is 9.84 Å². The topological polar surface area (TPSA) is 56.5 Å². The third-order valence-electron chi connectivity index (χ3n) is 3.73. The van der Waals surface area contributed by atoms with Crippen molar-refractivity contribution in [2.45, 2.75) is 11.8 Å². The second-order valence-electron chi connectivity index (χ2n) is 5.45. The van der Waals surface area contributed by atoms with Gasteiger partial charge in [-0.1, -0.05) is 24.3 Å². The van der Waals surface area contributed by atoms with E-state index in [0.29, 0.717) is 11.5 Å². The van der Waals surface area contributed by atoms with Crippen molar-refractivity contribution in [3.05, 3.63) is 61.1 Å². The quantitative estimate of drug-likeness (QED) is 0.689. The fraction of sp³-hybridized carbons (Fsp3) is 0.158. The number of sulfone groups is 1. The molecule has 124 valence electrons. The predicted octanol–water partition coefficient (Wildman–Crippen LogP) is 4.42. The minimum absolute atomic E-state index is 0.303. The van der Waals surface area contributed by atoms with Crippen molar-refractivity contribution in [2.24, 2.45) is 0 Å². The van der Waals surface area contributed by atoms with Crippen molar-refractivity contribution in [2.75, 3.05) is 12.9 Å². The second kappa shape index (κ2) is 6.53. The van der Waals surface area contributed by atoms with E-state index >= 15 is 0 Å². The van der Waals surface area contributed by atoms with Gasteiger partial charge in [-0.05, 0) is 42.3 Å². The summed E-state index contributed by atoms with van der Waals surface area (Å²) in [6, 6.07) is 14.6. The molecule has 0 amide bonds. The first-order chi connectivity index (χ1) is 11.5. The summed E-state index contributed by atoms with van der Waals surface area (Å²) in [4.78, 5) is 0.303. The van der Waals surface area contributed by atoms with E-state index in [0.717, 1.165) is 28.0 Å². The first kappa shape index (κ1) is 16.3. The molecule has 0 atom stereocenters. The highest BCUT2D eigenvalue weighted by Crippen LogP contribution is 2.34. The third kappa shape index (κ3) is 3.36. The van der Waals surface area contributed by atoms with E-state index in [9.17, 15) is 8.42 Å². The maximum atomic E-state index is 11.6. The molecule has 3 rings (SSSR count). The monoisotopic (exact) mass is 342 g/mol. The molecule has 0 aliphatic heterocycles. The molecule has 0 spiro atoms. The summed E-state index contributed by atoms with van der Waals surface area (Å²) in [7, 11) is -3.20. The Morgan fingerprint density at radius 2 is 1.38 bits per heavy atom. The Kier molecular flexibility index (Phi) is 4.44. The van der Waals surface area contributed by atoms with E-state index in [1.54, 1.807) is 36.8 Å². The van der Waals surface area contributed by atoms with Gasteiger partial charge in [0.1, 0.15) is 5.75 Å². The highest BCUT2D eigenvalue weighted by atomic mass is 32.2. The van der Waals surface area contributed by atoms with E-state index in [1.165, 1.54) is 6.26 Å². The molecule has 0 aliphatic carbocycles. The minimum Gasteiger partial charge on any atom is -0.494 e. The second-order valence-corrected chi connectivity index (χ2v) is 7.47. The van der Waals surface area contributed by atoms with E-state index in [-0.39, 0.29) is 0 Å². The number of hydrogen-bond donors (Lipinski definition) is 0. The van der Waals surface area contributed by atoms with Crippen LogP contribution in [0, 0.1) is 0 Å². The van der Waals surface area contributed by atoms with E-state index in [4.69, 9.17) is 9.15 Å². The number of benzene rings is 2. The molecule has 0 fully saturated rings. The standard InChI is InChI=1S/C19H18O4S/c1-3-23-16-8-4-14(5-9-16)18-12-22-13-19(18)15-6-10-17(11-7-15)24(2,20)21/h4-13H,3H2,1-2H3. The summed E-state index contributed by atoms with van der Waals surface area (Å²) >= 11 is 0. The summed E-state index contributed by atoms with van der Waals surface area (Å²) in [6.45, 7) is 2.57. The zero-order valence-electron chi connectivity index (χ0n) is 13.5. The first-order valence-corrected chi connectivity index (χ1v) is 9.48. The van der Waals surface area contributed by atoms with Crippen molar-refractivity contribution >= 4 is 9.84 Å². The molecule has 1 heterocycles. The Morgan fingerprint density at radius 3 is 1.83 bits per heavy atom. The lowest BCUT2D eigenvalue weighted by molar-refractivity contribution is 0.340. The molecule has 0 unspecified atom stereocenters. The molecular formula is C19H18O4S. The van der Waals surface area contributed by atoms with Crippen molar-refractivity contribution in [1.29, 1.82) is 0 Å². The van der Waals surface area contributed by atoms with Gasteiger partial charge in [0.05, 0.1) is 24.0 Å². The lowest BCUT2D eigenvalue weighted by Gasteiger charge is -2.06. The Hall–Kier alpha value is -2.53. The molecule has 3 aromatic rings. The van der Waals surface area contributed by atoms with E-state index < -0.39 is 9.84 Å². The SMILES string of the molecule is CCOc1ccc(-c2cocc2-c2ccc(S(C)(=O)=O)cc2)cc1. The summed E-state index contributed by atoms with van der Waals surface area (Å²) in [5, 5.41) is 0. The maximum absolute atomic E-state index is 11.6. The van der Waals surface area contributed by atoms with Crippen LogP contribution in [0.15, 0.2) is 70.4 Å². The van der Waals surface area contributed by atoms with Crippen LogP contribution in [0.4, 0.5) is 0 Å². The van der Waals surface area contributed by atoms with E-state index in [1.807, 2.05) is 31.2 Å². The Bertz CT molecular complexity index is 920. The third-order valence-corrected chi connectivity index (χ3v) is 4.86. The Morgan fingerprint density at radius 1 is 0.875 bits per heavy atom. The van der Waals surface area contributed by atoms with Gasteiger partial charge in [0.2, 0.25) is 0 Å². The van der Waals surface area contributed by atoms with Crippen LogP contribution in [0.2, 0.25) is 0 Å². The molecule has 4 nitrogen and oxygen atoms in total. The molecule has 0 N–H and O–H groups in total. The summed E-state index contributed by atoms with van der Waals surface area (Å²) < 4.78 is 34.0. The first-order valence-electron chi connectivity index (χ1n) is 7.59. The minimum atomic E-state index is -3.20. The van der Waals surface area contributed by atoms with Gasteiger partial charge in [-0.25, -0.2) is 8.42 Å². The zero-order valence-corrected chi connectivity index (χ0v) is 14.3. The molecule has 5 heteroatoms. The Balaban J connectivity index is 1.95. The van der Waals surface area contributed by atoms with Crippen molar-refractivity contribution in [1.82, 2.24) is 0 Å². The zero-order chi connectivity index (χ0) is 17.2. The largest absolute Gasteiger partial charge is 0.494 e. The van der Waals surface area contributed by atoms with Crippen LogP contribution < -0.4 is 4.74 Å². The van der Waals surface area contributed by atoms with Crippen LogP contribution in [0.25, 0.3) is 22.3 Å². The number of ether oxygens (including phenoxy) is 1. The van der Waals surface area contributed by atoms with Crippen molar-refractivity contribution in [3.8, 4) is 28.0 Å². The van der Waals surface area contributed by atoms with Crippen LogP contribution in [0.5, 0.6) is 5.75 Å². The predicted molar refractivity (Wildman–Crippen MR) is 93.9 cm³/mol. The molecule has 0 bridgehead atoms. The molecule has 0 saturated heterocycles. The van der Waals surface area contributed by atoms with Crippen molar-refractivity contribution in [3.63, 3.8) is 0 Å². The number of rotatable bonds is 5. The van der Waals surface area contributed by atoms with Crippen LogP contribution in [-0.2, 0) is 9.84 Å². The molecule has 0 radical (unpaired) electrons. The van der Waals surface area contributed by atoms with Gasteiger partial charge in [0.25, 0.3) is 0 Å². The smallest absolute Gasteiger partial charge is 0.175 e. The Labute approximate surface area is 141 Å². The van der Waals surface area contributed by atoms with Crippen LogP contribution in [-0.4, -0.2) is 21.3 Å². The maximum Gasteiger partial charge on any atom is 0.175 e. The number of furan rings is 1. The van der Waals surface area contributed by atoms with Crippen LogP contribution in [0.1, 0.15) is 6.92 Å². The van der Waals surface area contributed by atoms with Crippen LogP contribution >= 0.6 is 0 Å². The highest BCUT2D eigenvalue weighted by Gasteiger charge is 2.12. The van der Waals surface area contributed by atoms with Gasteiger partial charge >= 0.3 is 0 Å². The van der Waals surface area contributed by atoms with E-state index in [2.05, 4.69) is 0 Å². The van der Waals surface area contributed by atoms with Gasteiger partial charge < -0.3 is 9.15 Å². The lowest BCUT2D eigenvalue weighted by atomic mass is 9.99.